The third-order valence-electron chi connectivity index (χ3n) is 4.04. The molecule has 1 saturated heterocycles. The number of carbonyl (C=O) groups excluding carboxylic acids is 1. The molecule has 1 heterocycles. The molecule has 0 aromatic heterocycles. The number of hydrogen-bond acceptors (Lipinski definition) is 3. The first-order valence-electron chi connectivity index (χ1n) is 7.49. The summed E-state index contributed by atoms with van der Waals surface area (Å²) in [5.41, 5.74) is 0. The largest absolute Gasteiger partial charge is 0.352 e. The predicted octanol–water partition coefficient (Wildman–Crippen LogP) is 1.12. The molecule has 0 bridgehead atoms. The molecule has 4 nitrogen and oxygen atoms in total. The third kappa shape index (κ3) is 4.58. The van der Waals surface area contributed by atoms with E-state index in [-0.39, 0.29) is 5.91 Å². The van der Waals surface area contributed by atoms with E-state index in [4.69, 9.17) is 0 Å². The summed E-state index contributed by atoms with van der Waals surface area (Å²) in [5, 5.41) is 6.62. The molecule has 1 amide bonds. The van der Waals surface area contributed by atoms with Gasteiger partial charge in [-0.1, -0.05) is 25.7 Å². The van der Waals surface area contributed by atoms with Gasteiger partial charge in [0.05, 0.1) is 6.54 Å². The van der Waals surface area contributed by atoms with Crippen molar-refractivity contribution in [2.45, 2.75) is 57.5 Å². The van der Waals surface area contributed by atoms with Gasteiger partial charge in [0.1, 0.15) is 0 Å². The second-order valence-electron chi connectivity index (χ2n) is 5.85. The minimum atomic E-state index is 0.219. The molecule has 4 heteroatoms. The zero-order valence-electron chi connectivity index (χ0n) is 11.6. The lowest BCUT2D eigenvalue weighted by Crippen LogP contribution is -2.52. The van der Waals surface area contributed by atoms with Gasteiger partial charge in [-0.05, 0) is 19.8 Å². The van der Waals surface area contributed by atoms with E-state index in [1.54, 1.807) is 0 Å². The van der Waals surface area contributed by atoms with Gasteiger partial charge in [0.25, 0.3) is 0 Å². The van der Waals surface area contributed by atoms with Gasteiger partial charge in [0.2, 0.25) is 5.91 Å². The van der Waals surface area contributed by atoms with Crippen molar-refractivity contribution in [2.24, 2.45) is 0 Å². The molecule has 104 valence electrons. The molecule has 1 atom stereocenters. The van der Waals surface area contributed by atoms with E-state index in [0.717, 1.165) is 19.6 Å². The summed E-state index contributed by atoms with van der Waals surface area (Å²) in [4.78, 5) is 14.3. The maximum Gasteiger partial charge on any atom is 0.234 e. The fraction of sp³-hybridized carbons (Fsp3) is 0.929. The SMILES string of the molecule is C[C@@H]1CN(CC(=O)NC2CCCCCC2)CCN1. The third-order valence-corrected chi connectivity index (χ3v) is 4.04. The second-order valence-corrected chi connectivity index (χ2v) is 5.85. The highest BCUT2D eigenvalue weighted by molar-refractivity contribution is 5.78. The van der Waals surface area contributed by atoms with Crippen molar-refractivity contribution in [2.75, 3.05) is 26.2 Å². The van der Waals surface area contributed by atoms with Crippen LogP contribution in [-0.4, -0.2) is 49.1 Å². The predicted molar refractivity (Wildman–Crippen MR) is 73.5 cm³/mol. The molecule has 2 fully saturated rings. The zero-order chi connectivity index (χ0) is 12.8. The molecular weight excluding hydrogens is 226 g/mol. The van der Waals surface area contributed by atoms with E-state index in [0.29, 0.717) is 18.6 Å². The summed E-state index contributed by atoms with van der Waals surface area (Å²) in [5.74, 6) is 0.219. The van der Waals surface area contributed by atoms with Gasteiger partial charge in [0.15, 0.2) is 0 Å². The molecule has 2 N–H and O–H groups in total. The Bertz CT molecular complexity index is 256. The van der Waals surface area contributed by atoms with Gasteiger partial charge >= 0.3 is 0 Å². The van der Waals surface area contributed by atoms with E-state index in [1.807, 2.05) is 0 Å². The summed E-state index contributed by atoms with van der Waals surface area (Å²) in [6.45, 7) is 5.72. The standard InChI is InChI=1S/C14H27N3O/c1-12-10-17(9-8-15-12)11-14(18)16-13-6-4-2-3-5-7-13/h12-13,15H,2-11H2,1H3,(H,16,18)/t12-/m1/s1. The van der Waals surface area contributed by atoms with Crippen molar-refractivity contribution in [1.29, 1.82) is 0 Å². The monoisotopic (exact) mass is 253 g/mol. The molecule has 2 rings (SSSR count). The summed E-state index contributed by atoms with van der Waals surface area (Å²) in [6.07, 6.45) is 7.56. The van der Waals surface area contributed by atoms with E-state index in [1.165, 1.54) is 38.5 Å². The van der Waals surface area contributed by atoms with E-state index in [2.05, 4.69) is 22.5 Å². The number of nitrogens with one attached hydrogen (secondary N) is 2. The lowest BCUT2D eigenvalue weighted by molar-refractivity contribution is -0.123. The van der Waals surface area contributed by atoms with Gasteiger partial charge in [-0.15, -0.1) is 0 Å². The average molecular weight is 253 g/mol. The van der Waals surface area contributed by atoms with Crippen molar-refractivity contribution in [3.8, 4) is 0 Å². The molecule has 1 aliphatic heterocycles. The van der Waals surface area contributed by atoms with Crippen LogP contribution in [0.15, 0.2) is 0 Å². The Morgan fingerprint density at radius 2 is 2.00 bits per heavy atom. The Balaban J connectivity index is 1.70. The normalized spacial score (nSPS) is 27.7. The van der Waals surface area contributed by atoms with Crippen LogP contribution >= 0.6 is 0 Å². The first-order valence-corrected chi connectivity index (χ1v) is 7.49. The number of nitrogens with zero attached hydrogens (tertiary/aromatic N) is 1. The fourth-order valence-corrected chi connectivity index (χ4v) is 3.06. The molecule has 0 unspecified atom stereocenters. The number of carbonyl (C=O) groups is 1. The molecule has 1 saturated carbocycles. The highest BCUT2D eigenvalue weighted by Gasteiger charge is 2.20. The van der Waals surface area contributed by atoms with Crippen LogP contribution < -0.4 is 10.6 Å². The molecule has 1 aliphatic carbocycles. The number of hydrogen-bond donors (Lipinski definition) is 2. The van der Waals surface area contributed by atoms with Crippen LogP contribution in [0.2, 0.25) is 0 Å². The smallest absolute Gasteiger partial charge is 0.234 e. The summed E-state index contributed by atoms with van der Waals surface area (Å²) in [6, 6.07) is 0.935. The second kappa shape index (κ2) is 7.10. The minimum absolute atomic E-state index is 0.219. The van der Waals surface area contributed by atoms with Gasteiger partial charge in [-0.3, -0.25) is 9.69 Å². The Kier molecular flexibility index (Phi) is 5.45. The van der Waals surface area contributed by atoms with E-state index >= 15 is 0 Å². The van der Waals surface area contributed by atoms with Crippen molar-refractivity contribution in [1.82, 2.24) is 15.5 Å². The van der Waals surface area contributed by atoms with Gasteiger partial charge < -0.3 is 10.6 Å². The molecule has 0 aromatic carbocycles. The number of rotatable bonds is 3. The zero-order valence-corrected chi connectivity index (χ0v) is 11.6. The van der Waals surface area contributed by atoms with Crippen LogP contribution in [0.3, 0.4) is 0 Å². The van der Waals surface area contributed by atoms with Crippen LogP contribution in [0.5, 0.6) is 0 Å². The van der Waals surface area contributed by atoms with Crippen LogP contribution in [-0.2, 0) is 4.79 Å². The van der Waals surface area contributed by atoms with Crippen molar-refractivity contribution < 1.29 is 4.79 Å². The summed E-state index contributed by atoms with van der Waals surface area (Å²) in [7, 11) is 0. The number of amides is 1. The quantitative estimate of drug-likeness (QED) is 0.741. The average Bonchev–Trinajstić information content (AvgIpc) is 2.57. The Hall–Kier alpha value is -0.610. The minimum Gasteiger partial charge on any atom is -0.352 e. The summed E-state index contributed by atoms with van der Waals surface area (Å²) >= 11 is 0. The Labute approximate surface area is 110 Å². The Morgan fingerprint density at radius 3 is 2.67 bits per heavy atom. The van der Waals surface area contributed by atoms with Crippen LogP contribution in [0.4, 0.5) is 0 Å². The van der Waals surface area contributed by atoms with Gasteiger partial charge in [-0.2, -0.15) is 0 Å². The van der Waals surface area contributed by atoms with E-state index < -0.39 is 0 Å². The first kappa shape index (κ1) is 13.8. The highest BCUT2D eigenvalue weighted by Crippen LogP contribution is 2.17. The Morgan fingerprint density at radius 1 is 1.28 bits per heavy atom. The van der Waals surface area contributed by atoms with Crippen LogP contribution in [0.25, 0.3) is 0 Å². The molecule has 18 heavy (non-hydrogen) atoms. The van der Waals surface area contributed by atoms with Crippen LogP contribution in [0, 0.1) is 0 Å². The van der Waals surface area contributed by atoms with Gasteiger partial charge in [-0.25, -0.2) is 0 Å². The molecule has 0 aromatic rings. The summed E-state index contributed by atoms with van der Waals surface area (Å²) < 4.78 is 0. The van der Waals surface area contributed by atoms with Crippen LogP contribution in [0.1, 0.15) is 45.4 Å². The first-order chi connectivity index (χ1) is 8.74. The number of piperazine rings is 1. The molecule has 0 radical (unpaired) electrons. The van der Waals surface area contributed by atoms with Gasteiger partial charge in [0, 0.05) is 31.7 Å². The molecular formula is C14H27N3O. The molecule has 0 spiro atoms. The highest BCUT2D eigenvalue weighted by atomic mass is 16.2. The van der Waals surface area contributed by atoms with Crippen molar-refractivity contribution in [3.63, 3.8) is 0 Å². The molecule has 2 aliphatic rings. The fourth-order valence-electron chi connectivity index (χ4n) is 3.06. The maximum atomic E-state index is 12.0. The lowest BCUT2D eigenvalue weighted by Gasteiger charge is -2.31. The maximum absolute atomic E-state index is 12.0. The van der Waals surface area contributed by atoms with Crippen molar-refractivity contribution >= 4 is 5.91 Å². The topological polar surface area (TPSA) is 44.4 Å². The lowest BCUT2D eigenvalue weighted by atomic mass is 10.1. The van der Waals surface area contributed by atoms with E-state index in [9.17, 15) is 4.79 Å². The van der Waals surface area contributed by atoms with Crippen molar-refractivity contribution in [3.05, 3.63) is 0 Å².